The predicted molar refractivity (Wildman–Crippen MR) is 363 cm³/mol. The highest BCUT2D eigenvalue weighted by molar-refractivity contribution is 7.98. The van der Waals surface area contributed by atoms with Crippen molar-refractivity contribution in [1.82, 2.24) is 53.2 Å². The minimum absolute atomic E-state index is 0.376. The number of hydrogen-bond donors (Lipinski definition) is 0. The number of aromatic nitrogens is 10. The zero-order valence-corrected chi connectivity index (χ0v) is 57.0. The van der Waals surface area contributed by atoms with Gasteiger partial charge in [-0.15, -0.1) is 35.3 Å². The highest BCUT2D eigenvalue weighted by Crippen LogP contribution is 2.46. The highest BCUT2D eigenvalue weighted by atomic mass is 35.5. The molecule has 0 spiro atoms. The lowest BCUT2D eigenvalue weighted by molar-refractivity contribution is 0.0587. The van der Waals surface area contributed by atoms with E-state index in [1.807, 2.05) is 95.6 Å². The fourth-order valence-corrected chi connectivity index (χ4v) is 16.0. The Kier molecular flexibility index (Phi) is 19.2. The van der Waals surface area contributed by atoms with E-state index >= 15 is 0 Å². The summed E-state index contributed by atoms with van der Waals surface area (Å²) in [6.07, 6.45) is 1.51. The third kappa shape index (κ3) is 13.0. The predicted octanol–water partition coefficient (Wildman–Crippen LogP) is 15.3. The van der Waals surface area contributed by atoms with Crippen LogP contribution in [-0.2, 0) is 86.9 Å². The van der Waals surface area contributed by atoms with Crippen LogP contribution in [0.5, 0.6) is 11.5 Å². The van der Waals surface area contributed by atoms with Gasteiger partial charge in [0.05, 0.1) is 55.9 Å². The van der Waals surface area contributed by atoms with Crippen molar-refractivity contribution in [2.45, 2.75) is 113 Å². The SMILES string of the molecule is C=C(OC)c1c(C)c2c3c(Cl)ccc2n1CCCOc1cc(C)cc(c1)SCc1cc(nn1C)CSCc1nn(C)c(C)c1-3.COC(=O)c1c(C)c2c3c(Cl)ccc2n1CCCOc1cc(C)cc(c1)SCc1cc(nn1C)CN(C)Cc1nn(C)c(C)c1-3. The first kappa shape index (κ1) is 63.6. The van der Waals surface area contributed by atoms with Crippen LogP contribution < -0.4 is 9.47 Å². The van der Waals surface area contributed by atoms with E-state index < -0.39 is 0 Å². The van der Waals surface area contributed by atoms with E-state index in [1.165, 1.54) is 23.3 Å². The molecule has 21 heteroatoms. The third-order valence-electron chi connectivity index (χ3n) is 16.9. The molecule has 2 aliphatic rings. The van der Waals surface area contributed by atoms with Gasteiger partial charge in [-0.2, -0.15) is 20.4 Å². The van der Waals surface area contributed by atoms with Crippen molar-refractivity contribution in [1.29, 1.82) is 0 Å². The number of halogens is 2. The van der Waals surface area contributed by atoms with E-state index in [1.54, 1.807) is 18.9 Å². The summed E-state index contributed by atoms with van der Waals surface area (Å²) in [4.78, 5) is 17.8. The lowest BCUT2D eigenvalue weighted by Crippen LogP contribution is -2.18. The molecule has 0 saturated carbocycles. The van der Waals surface area contributed by atoms with Crippen LogP contribution in [0.25, 0.3) is 49.8 Å². The Morgan fingerprint density at radius 1 is 0.551 bits per heavy atom. The Bertz CT molecular complexity index is 4360. The molecule has 10 aromatic rings. The summed E-state index contributed by atoms with van der Waals surface area (Å²) in [5.41, 5.74) is 20.2. The van der Waals surface area contributed by atoms with Gasteiger partial charge in [0.1, 0.15) is 23.0 Å². The summed E-state index contributed by atoms with van der Waals surface area (Å²) in [6, 6.07) is 25.2. The first-order valence-electron chi connectivity index (χ1n) is 29.8. The number of benzene rings is 4. The van der Waals surface area contributed by atoms with Gasteiger partial charge in [-0.3, -0.25) is 23.6 Å². The van der Waals surface area contributed by atoms with Crippen LogP contribution in [0.2, 0.25) is 10.0 Å². The van der Waals surface area contributed by atoms with Crippen LogP contribution in [0.1, 0.15) is 96.8 Å². The van der Waals surface area contributed by atoms with Crippen molar-refractivity contribution in [3.8, 4) is 33.8 Å². The van der Waals surface area contributed by atoms with Gasteiger partial charge in [-0.05, 0) is 156 Å². The molecule has 0 aliphatic carbocycles. The van der Waals surface area contributed by atoms with Gasteiger partial charge in [-0.1, -0.05) is 29.8 Å². The molecule has 0 atom stereocenters. The van der Waals surface area contributed by atoms with E-state index in [9.17, 15) is 4.79 Å². The Labute approximate surface area is 543 Å². The fraction of sp³-hybridized carbons (Fsp3) is 0.368. The molecule has 2 aliphatic heterocycles. The topological polar surface area (TPSA) is 138 Å². The number of carbonyl (C=O) groups is 1. The fourth-order valence-electron chi connectivity index (χ4n) is 12.5. The van der Waals surface area contributed by atoms with Gasteiger partial charge < -0.3 is 28.1 Å². The maximum absolute atomic E-state index is 13.2. The van der Waals surface area contributed by atoms with Crippen molar-refractivity contribution in [3.05, 3.63) is 169 Å². The van der Waals surface area contributed by atoms with Crippen molar-refractivity contribution < 1.29 is 23.7 Å². The van der Waals surface area contributed by atoms with E-state index in [0.29, 0.717) is 60.8 Å². The Hall–Kier alpha value is -7.00. The van der Waals surface area contributed by atoms with E-state index in [0.717, 1.165) is 159 Å². The highest BCUT2D eigenvalue weighted by Gasteiger charge is 2.30. The number of hydrogen-bond acceptors (Lipinski definition) is 13. The Morgan fingerprint density at radius 2 is 1.04 bits per heavy atom. The number of carbonyl (C=O) groups excluding carboxylic acids is 1. The molecule has 6 aromatic heterocycles. The maximum atomic E-state index is 13.2. The van der Waals surface area contributed by atoms with Gasteiger partial charge in [0, 0.05) is 164 Å². The molecule has 466 valence electrons. The molecule has 4 aromatic carbocycles. The molecule has 16 nitrogen and oxygen atoms in total. The summed E-state index contributed by atoms with van der Waals surface area (Å²) >= 11 is 19.5. The minimum Gasteiger partial charge on any atom is -0.495 e. The lowest BCUT2D eigenvalue weighted by Gasteiger charge is -2.16. The normalized spacial score (nSPS) is 14.5. The van der Waals surface area contributed by atoms with Crippen LogP contribution >= 0.6 is 58.5 Å². The van der Waals surface area contributed by atoms with Crippen molar-refractivity contribution in [2.75, 3.05) is 34.5 Å². The Balaban J connectivity index is 0.000000184. The molecule has 0 saturated heterocycles. The van der Waals surface area contributed by atoms with Crippen LogP contribution in [0, 0.1) is 41.5 Å². The first-order chi connectivity index (χ1) is 42.7. The van der Waals surface area contributed by atoms with Crippen LogP contribution in [0.15, 0.2) is 89.2 Å². The van der Waals surface area contributed by atoms with Gasteiger partial charge in [0.25, 0.3) is 0 Å². The number of ether oxygens (including phenoxy) is 4. The molecule has 0 radical (unpaired) electrons. The van der Waals surface area contributed by atoms with E-state index in [-0.39, 0.29) is 5.97 Å². The van der Waals surface area contributed by atoms with Gasteiger partial charge in [0.2, 0.25) is 0 Å². The van der Waals surface area contributed by atoms with Gasteiger partial charge >= 0.3 is 5.97 Å². The second-order valence-corrected chi connectivity index (χ2v) is 27.1. The molecular weight excluding hydrogens is 1220 g/mol. The molecule has 0 unspecified atom stereocenters. The summed E-state index contributed by atoms with van der Waals surface area (Å²) in [7, 11) is 13.2. The third-order valence-corrected chi connectivity index (χ3v) is 20.5. The number of rotatable bonds is 3. The molecule has 0 fully saturated rings. The monoisotopic (exact) mass is 1290 g/mol. The van der Waals surface area contributed by atoms with Crippen LogP contribution in [-0.4, -0.2) is 93.6 Å². The quantitative estimate of drug-likeness (QED) is 0.123. The molecule has 0 amide bonds. The number of methoxy groups -OCH3 is 2. The number of nitrogens with zero attached hydrogens (tertiary/aromatic N) is 11. The summed E-state index contributed by atoms with van der Waals surface area (Å²) in [5.74, 6) is 5.16. The minimum atomic E-state index is -0.376. The zero-order valence-electron chi connectivity index (χ0n) is 53.1. The van der Waals surface area contributed by atoms with Crippen molar-refractivity contribution in [3.63, 3.8) is 0 Å². The maximum Gasteiger partial charge on any atom is 0.354 e. The summed E-state index contributed by atoms with van der Waals surface area (Å²) < 4.78 is 35.8. The number of thioether (sulfide) groups is 3. The summed E-state index contributed by atoms with van der Waals surface area (Å²) in [6.45, 7) is 20.4. The van der Waals surface area contributed by atoms with Crippen molar-refractivity contribution in [2.24, 2.45) is 28.2 Å². The average molecular weight is 1300 g/mol. The smallest absolute Gasteiger partial charge is 0.354 e. The van der Waals surface area contributed by atoms with Crippen LogP contribution in [0.3, 0.4) is 0 Å². The van der Waals surface area contributed by atoms with E-state index in [4.69, 9.17) is 62.5 Å². The average Bonchev–Trinajstić information content (AvgIpc) is 1.61. The molecule has 8 heterocycles. The first-order valence-corrected chi connectivity index (χ1v) is 33.6. The Morgan fingerprint density at radius 3 is 1.58 bits per heavy atom. The largest absolute Gasteiger partial charge is 0.495 e. The van der Waals surface area contributed by atoms with Crippen molar-refractivity contribution >= 4 is 92.0 Å². The number of aryl methyl sites for hydroxylation is 10. The summed E-state index contributed by atoms with van der Waals surface area (Å²) in [5, 5.41) is 22.9. The number of fused-ring (bicyclic) bond motifs is 12. The standard InChI is InChI=1S/C34H39ClN6O3S.C34H38ClN5O2S2/c1-20-13-25-16-26(14-20)45-19-24-15-23(36-40(24)6)17-38(4)18-28-31(22(3)39(5)37-28)32-27(35)9-10-29-30(32)21(2)33(34(42)43-7)41(29)11-8-12-44-25;1-20-13-26-16-27(14-20)44-18-25-15-24(36-39(25)6)17-43-19-29-32(22(3)38(5)37-29)33-28(35)9-10-30-31(33)21(2)34(23(4)41-7)40(30)11-8-12-42-26/h9-10,13-16H,8,11-12,17-19H2,1-7H3;9-10,13-16H,4,8,11-12,17-19H2,1-3,5-7H3. The molecule has 12 rings (SSSR count). The van der Waals surface area contributed by atoms with Gasteiger partial charge in [0.15, 0.2) is 0 Å². The second kappa shape index (κ2) is 26.8. The second-order valence-electron chi connectivity index (χ2n) is 23.2. The van der Waals surface area contributed by atoms with Crippen LogP contribution in [0.4, 0.5) is 0 Å². The zero-order chi connectivity index (χ0) is 63.1. The number of esters is 1. The molecular formula is C68H77Cl2N11O5S3. The molecule has 0 N–H and O–H groups in total. The molecule has 16 bridgehead atoms. The van der Waals surface area contributed by atoms with Gasteiger partial charge in [-0.25, -0.2) is 4.79 Å². The molecule has 89 heavy (non-hydrogen) atoms. The lowest BCUT2D eigenvalue weighted by atomic mass is 9.96. The van der Waals surface area contributed by atoms with E-state index in [2.05, 4.69) is 117 Å².